The van der Waals surface area contributed by atoms with Crippen LogP contribution in [0.5, 0.6) is 0 Å². The standard InChI is InChI=1S/C11H14FNO2/c1-7(11(14)15)5-10(13)8-3-2-4-9(12)6-8/h2-4,6-7,10H,5,13H2,1H3,(H,14,15). The zero-order valence-corrected chi connectivity index (χ0v) is 8.48. The molecule has 4 heteroatoms. The van der Waals surface area contributed by atoms with Crippen LogP contribution in [-0.4, -0.2) is 11.1 Å². The van der Waals surface area contributed by atoms with E-state index in [1.54, 1.807) is 19.1 Å². The van der Waals surface area contributed by atoms with E-state index in [0.717, 1.165) is 0 Å². The number of halogens is 1. The molecule has 2 atom stereocenters. The first kappa shape index (κ1) is 11.7. The lowest BCUT2D eigenvalue weighted by Crippen LogP contribution is -2.19. The highest BCUT2D eigenvalue weighted by Crippen LogP contribution is 2.19. The second-order valence-electron chi connectivity index (χ2n) is 3.64. The Morgan fingerprint density at radius 1 is 1.60 bits per heavy atom. The second-order valence-corrected chi connectivity index (χ2v) is 3.64. The van der Waals surface area contributed by atoms with Crippen molar-refractivity contribution >= 4 is 5.97 Å². The highest BCUT2D eigenvalue weighted by atomic mass is 19.1. The van der Waals surface area contributed by atoms with Crippen molar-refractivity contribution in [3.63, 3.8) is 0 Å². The van der Waals surface area contributed by atoms with Gasteiger partial charge in [-0.2, -0.15) is 0 Å². The van der Waals surface area contributed by atoms with Gasteiger partial charge in [-0.3, -0.25) is 4.79 Å². The minimum absolute atomic E-state index is 0.304. The van der Waals surface area contributed by atoms with E-state index in [2.05, 4.69) is 0 Å². The van der Waals surface area contributed by atoms with E-state index in [1.165, 1.54) is 12.1 Å². The summed E-state index contributed by atoms with van der Waals surface area (Å²) in [6, 6.07) is 5.49. The molecule has 0 aliphatic carbocycles. The normalized spacial score (nSPS) is 14.6. The van der Waals surface area contributed by atoms with Crippen LogP contribution in [0.4, 0.5) is 4.39 Å². The first-order valence-electron chi connectivity index (χ1n) is 4.74. The fourth-order valence-electron chi connectivity index (χ4n) is 1.36. The smallest absolute Gasteiger partial charge is 0.306 e. The summed E-state index contributed by atoms with van der Waals surface area (Å²) >= 11 is 0. The first-order chi connectivity index (χ1) is 7.00. The molecule has 3 nitrogen and oxygen atoms in total. The van der Waals surface area contributed by atoms with E-state index in [-0.39, 0.29) is 5.82 Å². The van der Waals surface area contributed by atoms with Crippen molar-refractivity contribution < 1.29 is 14.3 Å². The van der Waals surface area contributed by atoms with Crippen LogP contribution in [-0.2, 0) is 4.79 Å². The zero-order valence-electron chi connectivity index (χ0n) is 8.48. The van der Waals surface area contributed by atoms with E-state index < -0.39 is 17.9 Å². The number of aliphatic carboxylic acids is 1. The molecule has 1 aromatic rings. The largest absolute Gasteiger partial charge is 0.481 e. The lowest BCUT2D eigenvalue weighted by atomic mass is 9.97. The molecule has 0 aliphatic rings. The molecule has 0 spiro atoms. The number of benzene rings is 1. The van der Waals surface area contributed by atoms with Crippen LogP contribution in [0.15, 0.2) is 24.3 Å². The highest BCUT2D eigenvalue weighted by molar-refractivity contribution is 5.69. The summed E-state index contributed by atoms with van der Waals surface area (Å²) in [5.74, 6) is -1.77. The van der Waals surface area contributed by atoms with Crippen molar-refractivity contribution in [1.29, 1.82) is 0 Å². The summed E-state index contributed by atoms with van der Waals surface area (Å²) in [6.45, 7) is 1.58. The molecule has 82 valence electrons. The van der Waals surface area contributed by atoms with Gasteiger partial charge in [0.15, 0.2) is 0 Å². The molecule has 1 rings (SSSR count). The first-order valence-corrected chi connectivity index (χ1v) is 4.74. The Morgan fingerprint density at radius 2 is 2.27 bits per heavy atom. The number of nitrogens with two attached hydrogens (primary N) is 1. The van der Waals surface area contributed by atoms with Gasteiger partial charge in [0.05, 0.1) is 5.92 Å². The molecule has 0 radical (unpaired) electrons. The molecule has 0 aliphatic heterocycles. The maximum absolute atomic E-state index is 12.9. The van der Waals surface area contributed by atoms with Gasteiger partial charge in [-0.15, -0.1) is 0 Å². The van der Waals surface area contributed by atoms with Crippen LogP contribution in [0.1, 0.15) is 24.9 Å². The summed E-state index contributed by atoms with van der Waals surface area (Å²) < 4.78 is 12.9. The molecular weight excluding hydrogens is 197 g/mol. The zero-order chi connectivity index (χ0) is 11.4. The topological polar surface area (TPSA) is 63.3 Å². The Balaban J connectivity index is 2.68. The highest BCUT2D eigenvalue weighted by Gasteiger charge is 2.16. The maximum atomic E-state index is 12.9. The van der Waals surface area contributed by atoms with E-state index in [0.29, 0.717) is 12.0 Å². The van der Waals surface area contributed by atoms with Gasteiger partial charge in [0.2, 0.25) is 0 Å². The molecule has 1 aromatic carbocycles. The van der Waals surface area contributed by atoms with Gasteiger partial charge >= 0.3 is 5.97 Å². The van der Waals surface area contributed by atoms with Crippen molar-refractivity contribution in [2.24, 2.45) is 11.7 Å². The van der Waals surface area contributed by atoms with E-state index in [4.69, 9.17) is 10.8 Å². The summed E-state index contributed by atoms with van der Waals surface area (Å²) in [4.78, 5) is 10.6. The lowest BCUT2D eigenvalue weighted by molar-refractivity contribution is -0.141. The Morgan fingerprint density at radius 3 is 2.80 bits per heavy atom. The predicted molar refractivity (Wildman–Crippen MR) is 54.7 cm³/mol. The Bertz CT molecular complexity index is 354. The molecular formula is C11H14FNO2. The monoisotopic (exact) mass is 211 g/mol. The number of carboxylic acid groups (broad SMARTS) is 1. The Hall–Kier alpha value is -1.42. The van der Waals surface area contributed by atoms with Gasteiger partial charge < -0.3 is 10.8 Å². The summed E-state index contributed by atoms with van der Waals surface area (Å²) in [7, 11) is 0. The van der Waals surface area contributed by atoms with E-state index >= 15 is 0 Å². The van der Waals surface area contributed by atoms with Gasteiger partial charge in [-0.1, -0.05) is 19.1 Å². The molecule has 2 unspecified atom stereocenters. The fourth-order valence-corrected chi connectivity index (χ4v) is 1.36. The Kier molecular flexibility index (Phi) is 3.80. The molecule has 0 saturated heterocycles. The molecule has 0 fully saturated rings. The molecule has 3 N–H and O–H groups in total. The van der Waals surface area contributed by atoms with Gasteiger partial charge in [-0.05, 0) is 24.1 Å². The lowest BCUT2D eigenvalue weighted by Gasteiger charge is -2.14. The molecule has 0 amide bonds. The minimum atomic E-state index is -0.887. The summed E-state index contributed by atoms with van der Waals surface area (Å²) in [6.07, 6.45) is 0.304. The van der Waals surface area contributed by atoms with E-state index in [1.807, 2.05) is 0 Å². The number of rotatable bonds is 4. The second kappa shape index (κ2) is 4.89. The average Bonchev–Trinajstić information content (AvgIpc) is 2.17. The quantitative estimate of drug-likeness (QED) is 0.799. The van der Waals surface area contributed by atoms with Gasteiger partial charge in [0, 0.05) is 6.04 Å². The van der Waals surface area contributed by atoms with Crippen LogP contribution < -0.4 is 5.73 Å². The third-order valence-electron chi connectivity index (χ3n) is 2.31. The maximum Gasteiger partial charge on any atom is 0.306 e. The van der Waals surface area contributed by atoms with Crippen LogP contribution in [0.2, 0.25) is 0 Å². The van der Waals surface area contributed by atoms with E-state index in [9.17, 15) is 9.18 Å². The van der Waals surface area contributed by atoms with Crippen LogP contribution in [0.3, 0.4) is 0 Å². The van der Waals surface area contributed by atoms with Crippen molar-refractivity contribution in [2.75, 3.05) is 0 Å². The minimum Gasteiger partial charge on any atom is -0.481 e. The van der Waals surface area contributed by atoms with Crippen LogP contribution >= 0.6 is 0 Å². The molecule has 15 heavy (non-hydrogen) atoms. The SMILES string of the molecule is CC(CC(N)c1cccc(F)c1)C(=O)O. The number of carbonyl (C=O) groups is 1. The average molecular weight is 211 g/mol. The molecule has 0 aromatic heterocycles. The third-order valence-corrected chi connectivity index (χ3v) is 2.31. The number of carboxylic acids is 1. The fraction of sp³-hybridized carbons (Fsp3) is 0.364. The number of hydrogen-bond acceptors (Lipinski definition) is 2. The summed E-state index contributed by atoms with van der Waals surface area (Å²) in [5, 5.41) is 8.70. The van der Waals surface area contributed by atoms with Crippen LogP contribution in [0, 0.1) is 11.7 Å². The number of hydrogen-bond donors (Lipinski definition) is 2. The van der Waals surface area contributed by atoms with Crippen molar-refractivity contribution in [3.05, 3.63) is 35.6 Å². The van der Waals surface area contributed by atoms with Crippen molar-refractivity contribution in [2.45, 2.75) is 19.4 Å². The Labute approximate surface area is 87.7 Å². The third kappa shape index (κ3) is 3.32. The van der Waals surface area contributed by atoms with Crippen molar-refractivity contribution in [3.8, 4) is 0 Å². The van der Waals surface area contributed by atoms with Crippen LogP contribution in [0.25, 0.3) is 0 Å². The molecule has 0 bridgehead atoms. The predicted octanol–water partition coefficient (Wildman–Crippen LogP) is 1.94. The summed E-state index contributed by atoms with van der Waals surface area (Å²) in [5.41, 5.74) is 6.40. The van der Waals surface area contributed by atoms with Gasteiger partial charge in [0.1, 0.15) is 5.82 Å². The molecule has 0 heterocycles. The van der Waals surface area contributed by atoms with Crippen molar-refractivity contribution in [1.82, 2.24) is 0 Å². The molecule has 0 saturated carbocycles. The van der Waals surface area contributed by atoms with Gasteiger partial charge in [0.25, 0.3) is 0 Å². The van der Waals surface area contributed by atoms with Gasteiger partial charge in [-0.25, -0.2) is 4.39 Å².